The Labute approximate surface area is 169 Å². The number of amides is 1. The van der Waals surface area contributed by atoms with Gasteiger partial charge >= 0.3 is 12.4 Å². The van der Waals surface area contributed by atoms with E-state index in [1.165, 1.54) is 23.5 Å². The highest BCUT2D eigenvalue weighted by atomic mass is 19.4. The lowest BCUT2D eigenvalue weighted by atomic mass is 10.1. The zero-order valence-corrected chi connectivity index (χ0v) is 15.9. The van der Waals surface area contributed by atoms with Crippen molar-refractivity contribution in [3.63, 3.8) is 0 Å². The first kappa shape index (κ1) is 23.5. The summed E-state index contributed by atoms with van der Waals surface area (Å²) in [6.45, 7) is 0.954. The third-order valence-corrected chi connectivity index (χ3v) is 4.23. The largest absolute Gasteiger partial charge is 0.493 e. The van der Waals surface area contributed by atoms with Crippen LogP contribution < -0.4 is 15.4 Å². The van der Waals surface area contributed by atoms with Gasteiger partial charge in [-0.25, -0.2) is 0 Å². The normalized spacial score (nSPS) is 12.5. The third kappa shape index (κ3) is 5.24. The number of benzene rings is 2. The van der Waals surface area contributed by atoms with Gasteiger partial charge in [-0.2, -0.15) is 26.3 Å². The fourth-order valence-electron chi connectivity index (χ4n) is 2.76. The fraction of sp³-hybridized carbons (Fsp3) is 0.350. The lowest BCUT2D eigenvalue weighted by Gasteiger charge is -2.38. The molecule has 0 bridgehead atoms. The van der Waals surface area contributed by atoms with Crippen LogP contribution in [-0.4, -0.2) is 37.1 Å². The van der Waals surface area contributed by atoms with Gasteiger partial charge in [-0.3, -0.25) is 10.1 Å². The second-order valence-corrected chi connectivity index (χ2v) is 6.29. The molecule has 0 aliphatic carbocycles. The molecule has 2 N–H and O–H groups in total. The van der Waals surface area contributed by atoms with Gasteiger partial charge in [-0.05, 0) is 31.0 Å². The summed E-state index contributed by atoms with van der Waals surface area (Å²) in [6, 6.07) is 13.2. The van der Waals surface area contributed by atoms with Gasteiger partial charge in [0.25, 0.3) is 11.6 Å². The number of alkyl halides is 6. The molecule has 0 unspecified atom stereocenters. The van der Waals surface area contributed by atoms with E-state index in [0.717, 1.165) is 11.4 Å². The minimum Gasteiger partial charge on any atom is -0.493 e. The predicted molar refractivity (Wildman–Crippen MR) is 98.1 cm³/mol. The molecule has 30 heavy (non-hydrogen) atoms. The molecular formula is C20H20F6N2O2. The predicted octanol–water partition coefficient (Wildman–Crippen LogP) is 4.47. The zero-order valence-electron chi connectivity index (χ0n) is 15.9. The number of para-hydroxylation sites is 1. The minimum atomic E-state index is -5.86. The third-order valence-electron chi connectivity index (χ3n) is 4.23. The molecule has 0 aromatic heterocycles. The summed E-state index contributed by atoms with van der Waals surface area (Å²) >= 11 is 0. The smallest absolute Gasteiger partial charge is 0.434 e. The molecule has 2 aromatic rings. The van der Waals surface area contributed by atoms with Crippen molar-refractivity contribution in [2.24, 2.45) is 0 Å². The molecule has 2 aromatic carbocycles. The lowest BCUT2D eigenvalue weighted by molar-refractivity contribution is -0.314. The van der Waals surface area contributed by atoms with E-state index in [1.54, 1.807) is 37.3 Å². The average Bonchev–Trinajstić information content (AvgIpc) is 2.66. The maximum absolute atomic E-state index is 13.7. The van der Waals surface area contributed by atoms with Crippen LogP contribution in [0.25, 0.3) is 0 Å². The number of nitrogens with one attached hydrogen (secondary N) is 2. The molecular weight excluding hydrogens is 414 g/mol. The molecule has 1 amide bonds. The van der Waals surface area contributed by atoms with Gasteiger partial charge in [-0.1, -0.05) is 42.5 Å². The molecule has 0 saturated carbocycles. The molecule has 0 spiro atoms. The first-order valence-corrected chi connectivity index (χ1v) is 8.98. The van der Waals surface area contributed by atoms with Crippen LogP contribution in [0, 0.1) is 0 Å². The first-order chi connectivity index (χ1) is 14.0. The van der Waals surface area contributed by atoms with Crippen LogP contribution in [0.2, 0.25) is 0 Å². The molecule has 0 heterocycles. The summed E-state index contributed by atoms with van der Waals surface area (Å²) in [6.07, 6.45) is -11.8. The lowest BCUT2D eigenvalue weighted by Crippen LogP contribution is -2.75. The van der Waals surface area contributed by atoms with E-state index in [-0.39, 0.29) is 18.8 Å². The van der Waals surface area contributed by atoms with E-state index in [4.69, 9.17) is 4.74 Å². The van der Waals surface area contributed by atoms with E-state index in [2.05, 4.69) is 0 Å². The van der Waals surface area contributed by atoms with Crippen LogP contribution in [0.4, 0.5) is 26.3 Å². The zero-order chi connectivity index (χ0) is 22.4. The highest BCUT2D eigenvalue weighted by Gasteiger charge is 2.72. The Bertz CT molecular complexity index is 823. The van der Waals surface area contributed by atoms with E-state index < -0.39 is 36.0 Å². The number of hydrogen-bond donors (Lipinski definition) is 2. The molecule has 0 atom stereocenters. The number of hydrogen-bond acceptors (Lipinski definition) is 3. The highest BCUT2D eigenvalue weighted by Crippen LogP contribution is 2.41. The van der Waals surface area contributed by atoms with E-state index in [9.17, 15) is 31.1 Å². The molecule has 0 fully saturated rings. The van der Waals surface area contributed by atoms with Crippen molar-refractivity contribution in [2.45, 2.75) is 31.4 Å². The maximum Gasteiger partial charge on any atom is 0.434 e. The SMILES string of the molecule is CCOc1ccccc1C(=O)NC(NCCc1ccccc1)(C(F)(F)F)C(F)(F)F. The highest BCUT2D eigenvalue weighted by molar-refractivity contribution is 5.97. The second kappa shape index (κ2) is 9.38. The second-order valence-electron chi connectivity index (χ2n) is 6.29. The van der Waals surface area contributed by atoms with Gasteiger partial charge < -0.3 is 10.1 Å². The van der Waals surface area contributed by atoms with Crippen molar-refractivity contribution < 1.29 is 35.9 Å². The van der Waals surface area contributed by atoms with Crippen molar-refractivity contribution in [2.75, 3.05) is 13.2 Å². The maximum atomic E-state index is 13.7. The van der Waals surface area contributed by atoms with Gasteiger partial charge in [0.05, 0.1) is 12.2 Å². The van der Waals surface area contributed by atoms with Gasteiger partial charge in [0.2, 0.25) is 0 Å². The van der Waals surface area contributed by atoms with Crippen molar-refractivity contribution in [3.8, 4) is 5.75 Å². The molecule has 10 heteroatoms. The van der Waals surface area contributed by atoms with Gasteiger partial charge in [0.1, 0.15) is 5.75 Å². The Kier molecular flexibility index (Phi) is 7.35. The summed E-state index contributed by atoms with van der Waals surface area (Å²) in [5, 5.41) is 2.62. The Balaban J connectivity index is 2.34. The van der Waals surface area contributed by atoms with Gasteiger partial charge in [-0.15, -0.1) is 0 Å². The van der Waals surface area contributed by atoms with Crippen LogP contribution in [-0.2, 0) is 6.42 Å². The topological polar surface area (TPSA) is 50.4 Å². The number of carbonyl (C=O) groups is 1. The quantitative estimate of drug-likeness (QED) is 0.476. The molecule has 0 saturated heterocycles. The van der Waals surface area contributed by atoms with Crippen LogP contribution in [0.1, 0.15) is 22.8 Å². The minimum absolute atomic E-state index is 0.0727. The van der Waals surface area contributed by atoms with E-state index in [0.29, 0.717) is 5.56 Å². The van der Waals surface area contributed by atoms with E-state index >= 15 is 0 Å². The summed E-state index contributed by atoms with van der Waals surface area (Å²) in [5.41, 5.74) is -4.54. The Hall–Kier alpha value is -2.75. The molecule has 164 valence electrons. The van der Waals surface area contributed by atoms with Crippen molar-refractivity contribution >= 4 is 5.91 Å². The summed E-state index contributed by atoms with van der Waals surface area (Å²) in [4.78, 5) is 12.5. The fourth-order valence-corrected chi connectivity index (χ4v) is 2.76. The summed E-state index contributed by atoms with van der Waals surface area (Å²) in [7, 11) is 0. The van der Waals surface area contributed by atoms with Crippen LogP contribution in [0.5, 0.6) is 5.75 Å². The number of rotatable bonds is 8. The molecule has 2 rings (SSSR count). The van der Waals surface area contributed by atoms with Crippen LogP contribution in [0.15, 0.2) is 54.6 Å². The number of halogens is 6. The van der Waals surface area contributed by atoms with Crippen molar-refractivity contribution in [3.05, 3.63) is 65.7 Å². The van der Waals surface area contributed by atoms with Gasteiger partial charge in [0.15, 0.2) is 0 Å². The van der Waals surface area contributed by atoms with Gasteiger partial charge in [0, 0.05) is 6.54 Å². The standard InChI is InChI=1S/C20H20F6N2O2/c1-2-30-16-11-7-6-10-15(16)17(29)28-18(19(21,22)23,20(24,25)26)27-13-12-14-8-4-3-5-9-14/h3-11,27H,2,12-13H2,1H3,(H,28,29). The Morgan fingerprint density at radius 2 is 1.47 bits per heavy atom. The van der Waals surface area contributed by atoms with Crippen molar-refractivity contribution in [1.29, 1.82) is 0 Å². The monoisotopic (exact) mass is 434 g/mol. The van der Waals surface area contributed by atoms with Crippen molar-refractivity contribution in [1.82, 2.24) is 10.6 Å². The Morgan fingerprint density at radius 3 is 2.03 bits per heavy atom. The van der Waals surface area contributed by atoms with E-state index in [1.807, 2.05) is 0 Å². The molecule has 4 nitrogen and oxygen atoms in total. The Morgan fingerprint density at radius 1 is 0.900 bits per heavy atom. The first-order valence-electron chi connectivity index (χ1n) is 8.98. The summed E-state index contributed by atoms with van der Waals surface area (Å²) < 4.78 is 87.3. The van der Waals surface area contributed by atoms with Crippen LogP contribution in [0.3, 0.4) is 0 Å². The van der Waals surface area contributed by atoms with Crippen LogP contribution >= 0.6 is 0 Å². The number of carbonyl (C=O) groups excluding carboxylic acids is 1. The molecule has 0 aliphatic heterocycles. The number of ether oxygens (including phenoxy) is 1. The molecule has 0 radical (unpaired) electrons. The average molecular weight is 434 g/mol. The summed E-state index contributed by atoms with van der Waals surface area (Å²) in [5.74, 6) is -1.69. The molecule has 0 aliphatic rings.